The molecule has 0 atom stereocenters. The lowest BCUT2D eigenvalue weighted by molar-refractivity contribution is 0.142. The van der Waals surface area contributed by atoms with Gasteiger partial charge in [0.2, 0.25) is 16.0 Å². The van der Waals surface area contributed by atoms with Crippen LogP contribution >= 0.6 is 0 Å². The van der Waals surface area contributed by atoms with Gasteiger partial charge in [0, 0.05) is 19.8 Å². The summed E-state index contributed by atoms with van der Waals surface area (Å²) in [5.74, 6) is 0.829. The molecule has 1 aromatic heterocycles. The number of hydrogen-bond donors (Lipinski definition) is 1. The van der Waals surface area contributed by atoms with Crippen LogP contribution in [-0.4, -0.2) is 36.9 Å². The van der Waals surface area contributed by atoms with Crippen LogP contribution < -0.4 is 4.72 Å². The van der Waals surface area contributed by atoms with Crippen LogP contribution in [0.2, 0.25) is 0 Å². The molecule has 1 aromatic carbocycles. The molecule has 0 aliphatic rings. The van der Waals surface area contributed by atoms with Crippen LogP contribution in [0.25, 0.3) is 11.0 Å². The lowest BCUT2D eigenvalue weighted by Crippen LogP contribution is -2.20. The van der Waals surface area contributed by atoms with E-state index in [9.17, 15) is 8.42 Å². The number of para-hydroxylation sites is 2. The maximum Gasteiger partial charge on any atom is 0.235 e. The molecule has 1 heterocycles. The number of nitrogens with zero attached hydrogens (tertiary/aromatic N) is 2. The van der Waals surface area contributed by atoms with Crippen molar-refractivity contribution in [2.24, 2.45) is 5.92 Å². The van der Waals surface area contributed by atoms with E-state index in [1.165, 1.54) is 0 Å². The lowest BCUT2D eigenvalue weighted by Gasteiger charge is -2.12. The van der Waals surface area contributed by atoms with Gasteiger partial charge in [-0.3, -0.25) is 4.72 Å². The molecule has 0 aliphatic heterocycles. The molecule has 24 heavy (non-hydrogen) atoms. The second-order valence-corrected chi connectivity index (χ2v) is 8.07. The third-order valence-corrected chi connectivity index (χ3v) is 5.01. The van der Waals surface area contributed by atoms with Crippen molar-refractivity contribution in [2.75, 3.05) is 23.7 Å². The van der Waals surface area contributed by atoms with E-state index in [2.05, 4.69) is 9.71 Å². The summed E-state index contributed by atoms with van der Waals surface area (Å²) in [5.41, 5.74) is 1.71. The van der Waals surface area contributed by atoms with Gasteiger partial charge in [0.25, 0.3) is 0 Å². The number of rotatable bonds is 10. The Balaban J connectivity index is 2.21. The van der Waals surface area contributed by atoms with E-state index < -0.39 is 10.0 Å². The number of ether oxygens (including phenoxy) is 1. The van der Waals surface area contributed by atoms with Crippen LogP contribution in [0.3, 0.4) is 0 Å². The summed E-state index contributed by atoms with van der Waals surface area (Å²) in [5, 5.41) is 0. The SMILES string of the molecule is CCOCCCn1c(NS(=O)(=O)CCC(C)C)nc2ccccc21. The minimum atomic E-state index is -3.40. The third kappa shape index (κ3) is 5.21. The fourth-order valence-electron chi connectivity index (χ4n) is 2.43. The molecule has 2 rings (SSSR count). The van der Waals surface area contributed by atoms with E-state index in [4.69, 9.17) is 4.74 Å². The highest BCUT2D eigenvalue weighted by atomic mass is 32.2. The van der Waals surface area contributed by atoms with E-state index in [-0.39, 0.29) is 5.75 Å². The number of aryl methyl sites for hydroxylation is 1. The van der Waals surface area contributed by atoms with Gasteiger partial charge in [-0.25, -0.2) is 13.4 Å². The fraction of sp³-hybridized carbons (Fsp3) is 0.588. The van der Waals surface area contributed by atoms with Crippen LogP contribution in [0.4, 0.5) is 5.95 Å². The molecule has 0 amide bonds. The highest BCUT2D eigenvalue weighted by molar-refractivity contribution is 7.92. The Hall–Kier alpha value is -1.60. The van der Waals surface area contributed by atoms with Crippen molar-refractivity contribution in [3.05, 3.63) is 24.3 Å². The minimum Gasteiger partial charge on any atom is -0.382 e. The van der Waals surface area contributed by atoms with Crippen molar-refractivity contribution in [3.63, 3.8) is 0 Å². The zero-order valence-electron chi connectivity index (χ0n) is 14.7. The first-order valence-corrected chi connectivity index (χ1v) is 10.1. The summed E-state index contributed by atoms with van der Waals surface area (Å²) in [6.45, 7) is 7.96. The average Bonchev–Trinajstić information content (AvgIpc) is 2.86. The van der Waals surface area contributed by atoms with E-state index >= 15 is 0 Å². The summed E-state index contributed by atoms with van der Waals surface area (Å²) in [6.07, 6.45) is 1.43. The van der Waals surface area contributed by atoms with Crippen molar-refractivity contribution >= 4 is 27.0 Å². The highest BCUT2D eigenvalue weighted by Gasteiger charge is 2.17. The molecule has 0 unspecified atom stereocenters. The molecule has 0 aliphatic carbocycles. The van der Waals surface area contributed by atoms with Crippen LogP contribution in [-0.2, 0) is 21.3 Å². The molecule has 0 saturated heterocycles. The van der Waals surface area contributed by atoms with Crippen molar-refractivity contribution in [2.45, 2.75) is 40.2 Å². The lowest BCUT2D eigenvalue weighted by atomic mass is 10.2. The van der Waals surface area contributed by atoms with Gasteiger partial charge in [-0.1, -0.05) is 26.0 Å². The number of benzene rings is 1. The number of aromatic nitrogens is 2. The molecular formula is C17H27N3O3S. The number of hydrogen-bond acceptors (Lipinski definition) is 4. The van der Waals surface area contributed by atoms with Gasteiger partial charge in [-0.15, -0.1) is 0 Å². The van der Waals surface area contributed by atoms with Crippen LogP contribution in [0, 0.1) is 5.92 Å². The number of anilines is 1. The Bertz CT molecular complexity index is 754. The zero-order chi connectivity index (χ0) is 17.6. The largest absolute Gasteiger partial charge is 0.382 e. The quantitative estimate of drug-likeness (QED) is 0.666. The van der Waals surface area contributed by atoms with E-state index in [1.807, 2.05) is 49.6 Å². The molecule has 2 aromatic rings. The first kappa shape index (κ1) is 18.7. The summed E-state index contributed by atoms with van der Waals surface area (Å²) in [6, 6.07) is 7.67. The van der Waals surface area contributed by atoms with Gasteiger partial charge >= 0.3 is 0 Å². The molecule has 134 valence electrons. The van der Waals surface area contributed by atoms with E-state index in [0.717, 1.165) is 17.5 Å². The highest BCUT2D eigenvalue weighted by Crippen LogP contribution is 2.21. The molecule has 0 saturated carbocycles. The third-order valence-electron chi connectivity index (χ3n) is 3.74. The van der Waals surface area contributed by atoms with Crippen molar-refractivity contribution in [3.8, 4) is 0 Å². The average molecular weight is 353 g/mol. The normalized spacial score (nSPS) is 12.2. The van der Waals surface area contributed by atoms with Gasteiger partial charge in [-0.05, 0) is 37.8 Å². The Labute approximate surface area is 144 Å². The Morgan fingerprint density at radius 2 is 2.04 bits per heavy atom. The fourth-order valence-corrected chi connectivity index (χ4v) is 3.75. The Morgan fingerprint density at radius 1 is 1.29 bits per heavy atom. The molecular weight excluding hydrogens is 326 g/mol. The van der Waals surface area contributed by atoms with Crippen molar-refractivity contribution < 1.29 is 13.2 Å². The number of sulfonamides is 1. The molecule has 0 spiro atoms. The predicted molar refractivity (Wildman–Crippen MR) is 97.7 cm³/mol. The predicted octanol–water partition coefficient (Wildman–Crippen LogP) is 3.25. The number of imidazole rings is 1. The molecule has 0 fully saturated rings. The summed E-state index contributed by atoms with van der Waals surface area (Å²) >= 11 is 0. The Morgan fingerprint density at radius 3 is 2.75 bits per heavy atom. The van der Waals surface area contributed by atoms with Crippen LogP contribution in [0.1, 0.15) is 33.6 Å². The van der Waals surface area contributed by atoms with Crippen LogP contribution in [0.5, 0.6) is 0 Å². The molecule has 7 heteroatoms. The second kappa shape index (κ2) is 8.48. The van der Waals surface area contributed by atoms with E-state index in [1.54, 1.807) is 0 Å². The molecule has 6 nitrogen and oxygen atoms in total. The van der Waals surface area contributed by atoms with Gasteiger partial charge < -0.3 is 9.30 Å². The van der Waals surface area contributed by atoms with Crippen molar-refractivity contribution in [1.29, 1.82) is 0 Å². The number of nitrogens with one attached hydrogen (secondary N) is 1. The maximum atomic E-state index is 12.3. The first-order valence-electron chi connectivity index (χ1n) is 8.46. The molecule has 0 bridgehead atoms. The topological polar surface area (TPSA) is 73.2 Å². The summed E-state index contributed by atoms with van der Waals surface area (Å²) in [4.78, 5) is 4.46. The zero-order valence-corrected chi connectivity index (χ0v) is 15.5. The molecule has 1 N–H and O–H groups in total. The summed E-state index contributed by atoms with van der Waals surface area (Å²) in [7, 11) is -3.40. The van der Waals surface area contributed by atoms with Gasteiger partial charge in [0.15, 0.2) is 0 Å². The van der Waals surface area contributed by atoms with E-state index in [0.29, 0.717) is 38.0 Å². The monoisotopic (exact) mass is 353 g/mol. The second-order valence-electron chi connectivity index (χ2n) is 6.23. The standard InChI is InChI=1S/C17H27N3O3S/c1-4-23-12-7-11-20-16-9-6-5-8-15(16)18-17(20)19-24(21,22)13-10-14(2)3/h5-6,8-9,14H,4,7,10-13H2,1-3H3,(H,18,19). The van der Waals surface area contributed by atoms with Gasteiger partial charge in [0.1, 0.15) is 0 Å². The minimum absolute atomic E-state index is 0.104. The van der Waals surface area contributed by atoms with Gasteiger partial charge in [0.05, 0.1) is 16.8 Å². The van der Waals surface area contributed by atoms with Gasteiger partial charge in [-0.2, -0.15) is 0 Å². The molecule has 0 radical (unpaired) electrons. The Kier molecular flexibility index (Phi) is 6.62. The summed E-state index contributed by atoms with van der Waals surface area (Å²) < 4.78 is 34.6. The first-order chi connectivity index (χ1) is 11.4. The smallest absolute Gasteiger partial charge is 0.235 e. The van der Waals surface area contributed by atoms with Crippen LogP contribution in [0.15, 0.2) is 24.3 Å². The maximum absolute atomic E-state index is 12.3. The van der Waals surface area contributed by atoms with Crippen molar-refractivity contribution in [1.82, 2.24) is 9.55 Å². The number of fused-ring (bicyclic) bond motifs is 1.